The fraction of sp³-hybridized carbons (Fsp3) is 0. The third-order valence-corrected chi connectivity index (χ3v) is 0. The van der Waals surface area contributed by atoms with Gasteiger partial charge in [0.1, 0.15) is 0 Å². The van der Waals surface area contributed by atoms with Crippen LogP contribution < -0.4 is 66.7 Å². The van der Waals surface area contributed by atoms with Crippen molar-refractivity contribution in [2.75, 3.05) is 0 Å². The van der Waals surface area contributed by atoms with Crippen LogP contribution in [0, 0.1) is 62.4 Å². The fourth-order valence-electron chi connectivity index (χ4n) is 0. The molecule has 0 rings (SSSR count). The Morgan fingerprint density at radius 3 is 0.846 bits per heavy atom. The maximum atomic E-state index is 8.58. The van der Waals surface area contributed by atoms with E-state index in [0.717, 1.165) is 0 Å². The third-order valence-electron chi connectivity index (χ3n) is 0. The van der Waals surface area contributed by atoms with E-state index in [0.29, 0.717) is 18.8 Å². The number of hydrogen-bond donors (Lipinski definition) is 0. The van der Waals surface area contributed by atoms with Gasteiger partial charge in [-0.25, -0.2) is 15.8 Å². The molecule has 0 amide bonds. The molecule has 0 heterocycles. The molecule has 0 aromatic carbocycles. The molecule has 0 aliphatic heterocycles. The minimum absolute atomic E-state index is 0. The van der Waals surface area contributed by atoms with Gasteiger partial charge in [0.2, 0.25) is 0 Å². The van der Waals surface area contributed by atoms with Gasteiger partial charge in [-0.2, -0.15) is 0 Å². The van der Waals surface area contributed by atoms with Crippen LogP contribution in [0.2, 0.25) is 0 Å². The number of rotatable bonds is 0. The predicted molar refractivity (Wildman–Crippen MR) is 18.2 cm³/mol. The average molecular weight is 435 g/mol. The van der Waals surface area contributed by atoms with Crippen molar-refractivity contribution in [3.8, 4) is 18.8 Å². The summed E-state index contributed by atoms with van der Waals surface area (Å²) in [5.74, 6) is 0. The van der Waals surface area contributed by atoms with Crippen molar-refractivity contribution >= 4 is 0 Å². The molecule has 0 saturated carbocycles. The summed E-state index contributed by atoms with van der Waals surface area (Å²) in [6, 6.07) is 0. The van der Waals surface area contributed by atoms with Gasteiger partial charge in [-0.1, -0.05) is 0 Å². The van der Waals surface area contributed by atoms with Gasteiger partial charge in [-0.05, 0) is 0 Å². The van der Waals surface area contributed by atoms with Crippen LogP contribution in [0.1, 0.15) is 0 Å². The second-order valence-corrected chi connectivity index (χ2v) is 1.05. The van der Waals surface area contributed by atoms with Crippen molar-refractivity contribution < 1.29 is 99.0 Å². The Balaban J connectivity index is -0.0000000213. The molecule has 62 valence electrons. The zero-order valence-electron chi connectivity index (χ0n) is 6.38. The Bertz CT molecular complexity index is 180. The van der Waals surface area contributed by atoms with E-state index >= 15 is 0 Å². The molecule has 0 aromatic heterocycles. The van der Waals surface area contributed by atoms with E-state index in [1.54, 1.807) is 0 Å². The van der Waals surface area contributed by atoms with Crippen LogP contribution in [0.25, 0.3) is 0 Å². The first-order chi connectivity index (χ1) is 5.66. The molecule has 0 aliphatic rings. The Hall–Kier alpha value is 0.158. The van der Waals surface area contributed by atoms with E-state index in [1.165, 1.54) is 0 Å². The first-order valence-electron chi connectivity index (χ1n) is 1.69. The van der Waals surface area contributed by atoms with Crippen molar-refractivity contribution in [3.63, 3.8) is 0 Å². The molecule has 0 spiro atoms. The van der Waals surface area contributed by atoms with E-state index in [-0.39, 0.29) is 51.4 Å². The van der Waals surface area contributed by atoms with Crippen LogP contribution in [0.3, 0.4) is 0 Å². The standard InChI is InChI=1S/3CHNO.K.2O.U/c3*2-1-3;;;;/h3*3H;;;;/q;;;+1;;;+2/p-3. The van der Waals surface area contributed by atoms with E-state index in [9.17, 15) is 0 Å². The zero-order chi connectivity index (χ0) is 10.8. The molecule has 0 aliphatic carbocycles. The van der Waals surface area contributed by atoms with Gasteiger partial charge < -0.3 is 15.3 Å². The quantitative estimate of drug-likeness (QED) is 0.267. The first kappa shape index (κ1) is 29.2. The molecule has 0 saturated heterocycles. The van der Waals surface area contributed by atoms with E-state index in [2.05, 4.69) is 0 Å². The molecule has 0 radical (unpaired) electrons. The Morgan fingerprint density at radius 1 is 0.846 bits per heavy atom. The summed E-state index contributed by atoms with van der Waals surface area (Å²) in [4.78, 5) is 0. The minimum atomic E-state index is -2.51. The summed E-state index contributed by atoms with van der Waals surface area (Å²) in [6.07, 6.45) is 1.50. The van der Waals surface area contributed by atoms with E-state index in [1.807, 2.05) is 0 Å². The molecule has 8 nitrogen and oxygen atoms in total. The average Bonchev–Trinajstić information content (AvgIpc) is 1.92. The molecule has 0 atom stereocenters. The van der Waals surface area contributed by atoms with Crippen LogP contribution >= 0.6 is 0 Å². The molecule has 0 unspecified atom stereocenters. The van der Waals surface area contributed by atoms with Crippen LogP contribution in [0.5, 0.6) is 0 Å². The molecule has 13 heavy (non-hydrogen) atoms. The van der Waals surface area contributed by atoms with Crippen molar-refractivity contribution in [2.24, 2.45) is 0 Å². The summed E-state index contributed by atoms with van der Waals surface area (Å²) >= 11 is -2.51. The molecule has 0 aromatic rings. The molecular weight excluding hydrogens is 435 g/mol. The predicted octanol–water partition coefficient (Wildman–Crippen LogP) is -6.75. The number of nitriles is 3. The molecular formula is C3KN3O5U. The maximum absolute atomic E-state index is 8.58. The molecule has 10 heteroatoms. The van der Waals surface area contributed by atoms with Crippen LogP contribution in [-0.2, 0) is 4.47 Å². The molecule has 0 fully saturated rings. The summed E-state index contributed by atoms with van der Waals surface area (Å²) in [5.41, 5.74) is 0. The normalized spacial score (nSPS) is 2.23. The van der Waals surface area contributed by atoms with Crippen molar-refractivity contribution in [2.45, 2.75) is 0 Å². The van der Waals surface area contributed by atoms with Gasteiger partial charge in [-0.3, -0.25) is 0 Å². The van der Waals surface area contributed by atoms with Crippen LogP contribution in [0.15, 0.2) is 0 Å². The summed E-state index contributed by atoms with van der Waals surface area (Å²) in [5, 5.41) is 45.0. The first-order valence-corrected chi connectivity index (χ1v) is 5.09. The van der Waals surface area contributed by atoms with E-state index < -0.39 is 27.8 Å². The topological polar surface area (TPSA) is 175 Å². The van der Waals surface area contributed by atoms with Crippen molar-refractivity contribution in [1.29, 1.82) is 15.8 Å². The molecule has 0 bridgehead atoms. The second kappa shape index (κ2) is 87.5. The second-order valence-electron chi connectivity index (χ2n) is 0.357. The Kier molecular flexibility index (Phi) is 197. The number of nitrogens with zero attached hydrogens (tertiary/aromatic N) is 3. The fourth-order valence-corrected chi connectivity index (χ4v) is 0. The Labute approximate surface area is 131 Å². The summed E-state index contributed by atoms with van der Waals surface area (Å²) < 4.78 is 17.2. The van der Waals surface area contributed by atoms with Gasteiger partial charge in [0.15, 0.2) is 0 Å². The monoisotopic (exact) mass is 435 g/mol. The van der Waals surface area contributed by atoms with Gasteiger partial charge in [0, 0.05) is 18.8 Å². The zero-order valence-corrected chi connectivity index (χ0v) is 13.7. The van der Waals surface area contributed by atoms with Crippen molar-refractivity contribution in [1.82, 2.24) is 0 Å². The van der Waals surface area contributed by atoms with Crippen molar-refractivity contribution in [3.05, 3.63) is 0 Å². The van der Waals surface area contributed by atoms with Gasteiger partial charge in [-0.15, -0.1) is 0 Å². The summed E-state index contributed by atoms with van der Waals surface area (Å²) in [7, 11) is 0. The van der Waals surface area contributed by atoms with E-state index in [4.69, 9.17) is 35.6 Å². The number of hydrogen-bond acceptors (Lipinski definition) is 8. The third kappa shape index (κ3) is 50100. The molecule has 0 N–H and O–H groups in total. The van der Waals surface area contributed by atoms with Gasteiger partial charge in [0.25, 0.3) is 0 Å². The Morgan fingerprint density at radius 2 is 0.846 bits per heavy atom. The summed E-state index contributed by atoms with van der Waals surface area (Å²) in [6.45, 7) is 0. The van der Waals surface area contributed by atoms with Crippen LogP contribution in [0.4, 0.5) is 0 Å². The van der Waals surface area contributed by atoms with Crippen LogP contribution in [-0.4, -0.2) is 0 Å². The SMILES string of the molecule is N#C[O-].N#C[O-].N#C[O-].[K+].[O]=[U+2]=[O]. The van der Waals surface area contributed by atoms with Gasteiger partial charge in [0.05, 0.1) is 0 Å². The van der Waals surface area contributed by atoms with Gasteiger partial charge >= 0.3 is 83.7 Å².